The number of carbonyl (C=O) groups excluding carboxylic acids is 2. The molecular weight excluding hydrogens is 264 g/mol. The summed E-state index contributed by atoms with van der Waals surface area (Å²) in [6.45, 7) is 3.99. The normalized spacial score (nSPS) is 18.8. The number of rotatable bonds is 2. The molecular formula is C14H17ClN2O2. The van der Waals surface area contributed by atoms with E-state index >= 15 is 0 Å². The lowest BCUT2D eigenvalue weighted by molar-refractivity contribution is -0.153. The maximum Gasteiger partial charge on any atom is 0.230 e. The van der Waals surface area contributed by atoms with E-state index < -0.39 is 0 Å². The van der Waals surface area contributed by atoms with Crippen molar-refractivity contribution in [2.45, 2.75) is 33.2 Å². The minimum absolute atomic E-state index is 0.152. The number of imide groups is 1. The van der Waals surface area contributed by atoms with E-state index in [9.17, 15) is 9.59 Å². The minimum Gasteiger partial charge on any atom is -0.398 e. The number of benzene rings is 1. The quantitative estimate of drug-likeness (QED) is 0.669. The van der Waals surface area contributed by atoms with Crippen molar-refractivity contribution in [3.8, 4) is 0 Å². The number of piperidine rings is 1. The van der Waals surface area contributed by atoms with Gasteiger partial charge in [-0.2, -0.15) is 0 Å². The molecule has 0 unspecified atom stereocenters. The zero-order valence-corrected chi connectivity index (χ0v) is 11.8. The Balaban J connectivity index is 2.24. The lowest BCUT2D eigenvalue weighted by Crippen LogP contribution is -2.45. The molecule has 0 aliphatic carbocycles. The molecule has 1 aliphatic rings. The predicted octanol–water partition coefficient (Wildman–Crippen LogP) is 2.60. The summed E-state index contributed by atoms with van der Waals surface area (Å²) >= 11 is 6.07. The largest absolute Gasteiger partial charge is 0.398 e. The van der Waals surface area contributed by atoms with Gasteiger partial charge >= 0.3 is 0 Å². The van der Waals surface area contributed by atoms with Crippen molar-refractivity contribution in [1.29, 1.82) is 0 Å². The van der Waals surface area contributed by atoms with E-state index in [1.54, 1.807) is 18.2 Å². The van der Waals surface area contributed by atoms with Gasteiger partial charge in [0.2, 0.25) is 11.8 Å². The summed E-state index contributed by atoms with van der Waals surface area (Å²) in [4.78, 5) is 25.4. The van der Waals surface area contributed by atoms with Gasteiger partial charge in [0, 0.05) is 29.1 Å². The van der Waals surface area contributed by atoms with E-state index in [4.69, 9.17) is 17.3 Å². The molecule has 1 saturated heterocycles. The van der Waals surface area contributed by atoms with Crippen molar-refractivity contribution in [2.24, 2.45) is 5.41 Å². The highest BCUT2D eigenvalue weighted by Gasteiger charge is 2.37. The zero-order chi connectivity index (χ0) is 14.2. The molecule has 5 heteroatoms. The van der Waals surface area contributed by atoms with E-state index in [-0.39, 0.29) is 23.8 Å². The summed E-state index contributed by atoms with van der Waals surface area (Å²) in [6, 6.07) is 5.16. The molecule has 4 nitrogen and oxygen atoms in total. The van der Waals surface area contributed by atoms with Crippen LogP contribution in [0.4, 0.5) is 5.69 Å². The van der Waals surface area contributed by atoms with Crippen LogP contribution in [0, 0.1) is 5.41 Å². The van der Waals surface area contributed by atoms with Crippen LogP contribution in [0.1, 0.15) is 32.3 Å². The van der Waals surface area contributed by atoms with Crippen molar-refractivity contribution in [3.63, 3.8) is 0 Å². The van der Waals surface area contributed by atoms with E-state index in [0.29, 0.717) is 29.1 Å². The number of nitrogens with zero attached hydrogens (tertiary/aromatic N) is 1. The third kappa shape index (κ3) is 2.89. The first-order valence-corrected chi connectivity index (χ1v) is 6.54. The maximum absolute atomic E-state index is 12.1. The van der Waals surface area contributed by atoms with Gasteiger partial charge in [0.25, 0.3) is 0 Å². The number of amides is 2. The topological polar surface area (TPSA) is 63.4 Å². The number of carbonyl (C=O) groups is 2. The second kappa shape index (κ2) is 4.85. The standard InChI is InChI=1S/C14H17ClN2O2/c1-14(2)6-12(18)17(13(19)7-14)8-9-10(15)4-3-5-11(9)16/h3-5H,6-8,16H2,1-2H3. The summed E-state index contributed by atoms with van der Waals surface area (Å²) in [7, 11) is 0. The van der Waals surface area contributed by atoms with Crippen LogP contribution in [0.25, 0.3) is 0 Å². The maximum atomic E-state index is 12.1. The second-order valence-corrected chi connectivity index (χ2v) is 6.11. The first-order valence-electron chi connectivity index (χ1n) is 6.16. The first-order chi connectivity index (χ1) is 8.80. The SMILES string of the molecule is CC1(C)CC(=O)N(Cc2c(N)cccc2Cl)C(=O)C1. The number of nitrogens with two attached hydrogens (primary N) is 1. The Morgan fingerprint density at radius 3 is 2.37 bits per heavy atom. The Hall–Kier alpha value is -1.55. The fourth-order valence-electron chi connectivity index (χ4n) is 2.29. The van der Waals surface area contributed by atoms with Crippen molar-refractivity contribution in [2.75, 3.05) is 5.73 Å². The van der Waals surface area contributed by atoms with Gasteiger partial charge in [-0.1, -0.05) is 31.5 Å². The molecule has 2 amide bonds. The Morgan fingerprint density at radius 2 is 1.84 bits per heavy atom. The third-order valence-corrected chi connectivity index (χ3v) is 3.69. The Morgan fingerprint density at radius 1 is 1.26 bits per heavy atom. The number of anilines is 1. The van der Waals surface area contributed by atoms with Crippen molar-refractivity contribution >= 4 is 29.1 Å². The number of halogens is 1. The summed E-state index contributed by atoms with van der Waals surface area (Å²) in [6.07, 6.45) is 0.728. The number of hydrogen-bond acceptors (Lipinski definition) is 3. The summed E-state index contributed by atoms with van der Waals surface area (Å²) in [5.41, 5.74) is 6.71. The summed E-state index contributed by atoms with van der Waals surface area (Å²) < 4.78 is 0. The molecule has 1 heterocycles. The van der Waals surface area contributed by atoms with Gasteiger partial charge in [-0.25, -0.2) is 0 Å². The monoisotopic (exact) mass is 280 g/mol. The van der Waals surface area contributed by atoms with Gasteiger partial charge in [-0.15, -0.1) is 0 Å². The molecule has 0 saturated carbocycles. The summed E-state index contributed by atoms with van der Waals surface area (Å²) in [5.74, 6) is -0.332. The molecule has 19 heavy (non-hydrogen) atoms. The van der Waals surface area contributed by atoms with E-state index in [0.717, 1.165) is 0 Å². The van der Waals surface area contributed by atoms with E-state index in [2.05, 4.69) is 0 Å². The minimum atomic E-state index is -0.267. The van der Waals surface area contributed by atoms with Crippen LogP contribution in [-0.2, 0) is 16.1 Å². The number of nitrogen functional groups attached to an aromatic ring is 1. The van der Waals surface area contributed by atoms with E-state index in [1.807, 2.05) is 13.8 Å². The van der Waals surface area contributed by atoms with E-state index in [1.165, 1.54) is 4.90 Å². The molecule has 0 aromatic heterocycles. The smallest absolute Gasteiger partial charge is 0.230 e. The predicted molar refractivity (Wildman–Crippen MR) is 74.4 cm³/mol. The highest BCUT2D eigenvalue weighted by molar-refractivity contribution is 6.31. The molecule has 0 bridgehead atoms. The van der Waals surface area contributed by atoms with Crippen LogP contribution in [-0.4, -0.2) is 16.7 Å². The van der Waals surface area contributed by atoms with Crippen molar-refractivity contribution in [1.82, 2.24) is 4.90 Å². The molecule has 2 rings (SSSR count). The van der Waals surface area contributed by atoms with Crippen molar-refractivity contribution < 1.29 is 9.59 Å². The van der Waals surface area contributed by atoms with Gasteiger partial charge < -0.3 is 5.73 Å². The van der Waals surface area contributed by atoms with Crippen LogP contribution < -0.4 is 5.73 Å². The van der Waals surface area contributed by atoms with Crippen molar-refractivity contribution in [3.05, 3.63) is 28.8 Å². The molecule has 0 radical (unpaired) electrons. The molecule has 0 spiro atoms. The number of likely N-dealkylation sites (tertiary alicyclic amines) is 1. The lowest BCUT2D eigenvalue weighted by Gasteiger charge is -2.35. The van der Waals surface area contributed by atoms with Gasteiger partial charge in [-0.05, 0) is 17.5 Å². The molecule has 102 valence electrons. The first kappa shape index (κ1) is 13.9. The summed E-state index contributed by atoms with van der Waals surface area (Å²) in [5, 5.41) is 0.477. The van der Waals surface area contributed by atoms with Gasteiger partial charge in [-0.3, -0.25) is 14.5 Å². The Kier molecular flexibility index (Phi) is 3.54. The highest BCUT2D eigenvalue weighted by Crippen LogP contribution is 2.33. The van der Waals surface area contributed by atoms with Crippen LogP contribution in [0.3, 0.4) is 0 Å². The average molecular weight is 281 g/mol. The zero-order valence-electron chi connectivity index (χ0n) is 11.1. The average Bonchev–Trinajstić information content (AvgIpc) is 2.25. The molecule has 1 aromatic rings. The lowest BCUT2D eigenvalue weighted by atomic mass is 9.81. The molecule has 1 fully saturated rings. The van der Waals surface area contributed by atoms with Gasteiger partial charge in [0.1, 0.15) is 0 Å². The van der Waals surface area contributed by atoms with Crippen LogP contribution in [0.2, 0.25) is 5.02 Å². The fraction of sp³-hybridized carbons (Fsp3) is 0.429. The molecule has 2 N–H and O–H groups in total. The Labute approximate surface area is 117 Å². The third-order valence-electron chi connectivity index (χ3n) is 3.33. The van der Waals surface area contributed by atoms with Crippen LogP contribution >= 0.6 is 11.6 Å². The van der Waals surface area contributed by atoms with Crippen LogP contribution in [0.5, 0.6) is 0 Å². The molecule has 0 atom stereocenters. The molecule has 1 aromatic carbocycles. The number of hydrogen-bond donors (Lipinski definition) is 1. The van der Waals surface area contributed by atoms with Gasteiger partial charge in [0.05, 0.1) is 6.54 Å². The molecule has 1 aliphatic heterocycles. The fourth-order valence-corrected chi connectivity index (χ4v) is 2.53. The Bertz CT molecular complexity index is 500. The van der Waals surface area contributed by atoms with Gasteiger partial charge in [0.15, 0.2) is 0 Å². The second-order valence-electron chi connectivity index (χ2n) is 5.70. The highest BCUT2D eigenvalue weighted by atomic mass is 35.5. The van der Waals surface area contributed by atoms with Crippen LogP contribution in [0.15, 0.2) is 18.2 Å².